The van der Waals surface area contributed by atoms with E-state index in [1.165, 1.54) is 19.2 Å². The average molecular weight is 465 g/mol. The Bertz CT molecular complexity index is 1160. The lowest BCUT2D eigenvalue weighted by Gasteiger charge is -2.30. The molecule has 2 aromatic carbocycles. The number of imide groups is 1. The van der Waals surface area contributed by atoms with Crippen molar-refractivity contribution in [2.45, 2.75) is 6.42 Å². The molecule has 3 aliphatic rings. The van der Waals surface area contributed by atoms with Gasteiger partial charge in [-0.05, 0) is 54.7 Å². The van der Waals surface area contributed by atoms with Crippen LogP contribution in [0.4, 0.5) is 0 Å². The molecule has 1 saturated heterocycles. The van der Waals surface area contributed by atoms with Crippen LogP contribution < -0.4 is 4.74 Å². The number of carbonyl (C=O) groups excluding carboxylic acids is 4. The van der Waals surface area contributed by atoms with Crippen LogP contribution in [-0.2, 0) is 9.59 Å². The number of allylic oxidation sites excluding steroid dienone is 2. The molecular weight excluding hydrogens is 444 g/mol. The van der Waals surface area contributed by atoms with E-state index in [9.17, 15) is 19.2 Å². The molecule has 1 aliphatic heterocycles. The summed E-state index contributed by atoms with van der Waals surface area (Å²) in [6.07, 6.45) is 4.73. The van der Waals surface area contributed by atoms with E-state index in [0.29, 0.717) is 16.3 Å². The maximum atomic E-state index is 13.5. The largest absolute Gasteiger partial charge is 0.497 e. The molecule has 0 radical (unpaired) electrons. The lowest BCUT2D eigenvalue weighted by Crippen LogP contribution is -2.52. The molecule has 2 aromatic rings. The third kappa shape index (κ3) is 3.53. The number of nitrogens with zero attached hydrogens (tertiary/aromatic N) is 2. The molecule has 0 N–H and O–H groups in total. The van der Waals surface area contributed by atoms with Crippen LogP contribution in [0.25, 0.3) is 0 Å². The van der Waals surface area contributed by atoms with Crippen LogP contribution in [0.3, 0.4) is 0 Å². The highest BCUT2D eigenvalue weighted by atomic mass is 35.5. The van der Waals surface area contributed by atoms with Crippen LogP contribution in [0.1, 0.15) is 27.1 Å². The number of hydrogen-bond donors (Lipinski definition) is 0. The number of hydrazine groups is 1. The summed E-state index contributed by atoms with van der Waals surface area (Å²) >= 11 is 5.95. The van der Waals surface area contributed by atoms with E-state index < -0.39 is 41.9 Å². The van der Waals surface area contributed by atoms with Crippen molar-refractivity contribution in [1.29, 1.82) is 0 Å². The number of ether oxygens (including phenoxy) is 1. The van der Waals surface area contributed by atoms with E-state index in [1.807, 2.05) is 12.2 Å². The minimum Gasteiger partial charge on any atom is -0.497 e. The Kier molecular flexibility index (Phi) is 5.29. The van der Waals surface area contributed by atoms with Crippen LogP contribution in [0.5, 0.6) is 5.75 Å². The van der Waals surface area contributed by atoms with Crippen molar-refractivity contribution in [3.8, 4) is 5.75 Å². The Morgan fingerprint density at radius 2 is 1.64 bits per heavy atom. The molecule has 2 bridgehead atoms. The first-order valence-corrected chi connectivity index (χ1v) is 11.1. The van der Waals surface area contributed by atoms with Gasteiger partial charge < -0.3 is 4.74 Å². The van der Waals surface area contributed by atoms with E-state index in [4.69, 9.17) is 16.3 Å². The van der Waals surface area contributed by atoms with Crippen molar-refractivity contribution >= 4 is 35.1 Å². The summed E-state index contributed by atoms with van der Waals surface area (Å²) in [5.74, 6) is -2.40. The predicted molar refractivity (Wildman–Crippen MR) is 119 cm³/mol. The zero-order valence-electron chi connectivity index (χ0n) is 17.8. The molecule has 0 unspecified atom stereocenters. The third-order valence-corrected chi connectivity index (χ3v) is 6.95. The number of rotatable bonds is 6. The fourth-order valence-electron chi connectivity index (χ4n) is 5.12. The smallest absolute Gasteiger partial charge is 0.273 e. The fourth-order valence-corrected chi connectivity index (χ4v) is 5.25. The van der Waals surface area contributed by atoms with Gasteiger partial charge in [0, 0.05) is 16.1 Å². The van der Waals surface area contributed by atoms with E-state index in [-0.39, 0.29) is 17.4 Å². The molecule has 33 heavy (non-hydrogen) atoms. The Hall–Kier alpha value is -3.45. The van der Waals surface area contributed by atoms with Crippen molar-refractivity contribution in [3.05, 3.63) is 76.8 Å². The van der Waals surface area contributed by atoms with Gasteiger partial charge in [0.25, 0.3) is 17.7 Å². The molecule has 3 amide bonds. The van der Waals surface area contributed by atoms with E-state index >= 15 is 0 Å². The maximum Gasteiger partial charge on any atom is 0.273 e. The molecule has 0 aromatic heterocycles. The zero-order valence-corrected chi connectivity index (χ0v) is 18.6. The SMILES string of the molecule is COc1cccc(C(=O)CN(C(=O)c2ccc(Cl)cc2)N2C(=O)[C@H]3[C@H](C2=O)[C@H]2C=C[C@H]3C2)c1. The highest BCUT2D eigenvalue weighted by molar-refractivity contribution is 6.30. The Balaban J connectivity index is 1.49. The van der Waals surface area contributed by atoms with Gasteiger partial charge in [0.2, 0.25) is 0 Å². The highest BCUT2D eigenvalue weighted by Crippen LogP contribution is 2.52. The number of Topliss-reactive ketones (excluding diaryl/α,β-unsaturated/α-hetero) is 1. The normalized spacial score (nSPS) is 24.8. The highest BCUT2D eigenvalue weighted by Gasteiger charge is 2.61. The van der Waals surface area contributed by atoms with Crippen molar-refractivity contribution in [3.63, 3.8) is 0 Å². The van der Waals surface area contributed by atoms with Crippen LogP contribution in [0.15, 0.2) is 60.7 Å². The lowest BCUT2D eigenvalue weighted by molar-refractivity contribution is -0.154. The molecule has 8 heteroatoms. The number of ketones is 1. The monoisotopic (exact) mass is 464 g/mol. The number of fused-ring (bicyclic) bond motifs is 5. The molecule has 1 heterocycles. The minimum atomic E-state index is -0.620. The van der Waals surface area contributed by atoms with Gasteiger partial charge in [-0.15, -0.1) is 0 Å². The summed E-state index contributed by atoms with van der Waals surface area (Å²) in [4.78, 5) is 53.3. The molecule has 2 fully saturated rings. The maximum absolute atomic E-state index is 13.5. The van der Waals surface area contributed by atoms with Crippen LogP contribution in [0, 0.1) is 23.7 Å². The summed E-state index contributed by atoms with van der Waals surface area (Å²) in [7, 11) is 1.49. The Labute approximate surface area is 195 Å². The number of halogens is 1. The Morgan fingerprint density at radius 1 is 1.00 bits per heavy atom. The second kappa shape index (κ2) is 8.15. The van der Waals surface area contributed by atoms with Gasteiger partial charge >= 0.3 is 0 Å². The molecule has 0 spiro atoms. The van der Waals surface area contributed by atoms with Crippen molar-refractivity contribution in [1.82, 2.24) is 10.0 Å². The average Bonchev–Trinajstić information content (AvgIpc) is 3.51. The predicted octanol–water partition coefficient (Wildman–Crippen LogP) is 3.40. The molecule has 2 aliphatic carbocycles. The molecule has 1 saturated carbocycles. The second-order valence-electron chi connectivity index (χ2n) is 8.51. The molecule has 5 rings (SSSR count). The van der Waals surface area contributed by atoms with Gasteiger partial charge in [0.05, 0.1) is 18.9 Å². The third-order valence-electron chi connectivity index (χ3n) is 6.70. The van der Waals surface area contributed by atoms with Crippen molar-refractivity contribution in [2.75, 3.05) is 13.7 Å². The molecule has 168 valence electrons. The second-order valence-corrected chi connectivity index (χ2v) is 8.95. The number of carbonyl (C=O) groups is 4. The van der Waals surface area contributed by atoms with E-state index in [1.54, 1.807) is 36.4 Å². The topological polar surface area (TPSA) is 84.0 Å². The molecule has 7 nitrogen and oxygen atoms in total. The van der Waals surface area contributed by atoms with Crippen LogP contribution in [-0.4, -0.2) is 47.2 Å². The summed E-state index contributed by atoms with van der Waals surface area (Å²) in [5, 5.41) is 2.32. The summed E-state index contributed by atoms with van der Waals surface area (Å²) in [6, 6.07) is 12.6. The van der Waals surface area contributed by atoms with Gasteiger partial charge in [-0.2, -0.15) is 5.01 Å². The molecule has 4 atom stereocenters. The van der Waals surface area contributed by atoms with Gasteiger partial charge in [0.15, 0.2) is 5.78 Å². The Morgan fingerprint density at radius 3 is 2.24 bits per heavy atom. The fraction of sp³-hybridized carbons (Fsp3) is 0.280. The first-order chi connectivity index (χ1) is 15.9. The molecular formula is C25H21ClN2O5. The quantitative estimate of drug-likeness (QED) is 0.371. The number of hydrogen-bond acceptors (Lipinski definition) is 5. The first kappa shape index (κ1) is 21.4. The number of amides is 3. The first-order valence-electron chi connectivity index (χ1n) is 10.7. The number of benzene rings is 2. The minimum absolute atomic E-state index is 0.0111. The van der Waals surface area contributed by atoms with Gasteiger partial charge in [-0.3, -0.25) is 19.2 Å². The zero-order chi connectivity index (χ0) is 23.3. The van der Waals surface area contributed by atoms with Crippen LogP contribution >= 0.6 is 11.6 Å². The van der Waals surface area contributed by atoms with Gasteiger partial charge in [-0.1, -0.05) is 35.9 Å². The van der Waals surface area contributed by atoms with Gasteiger partial charge in [0.1, 0.15) is 12.3 Å². The number of methoxy groups -OCH3 is 1. The summed E-state index contributed by atoms with van der Waals surface area (Å²) < 4.78 is 5.18. The summed E-state index contributed by atoms with van der Waals surface area (Å²) in [5.41, 5.74) is 0.529. The lowest BCUT2D eigenvalue weighted by atomic mass is 9.85. The van der Waals surface area contributed by atoms with E-state index in [0.717, 1.165) is 16.4 Å². The van der Waals surface area contributed by atoms with Crippen molar-refractivity contribution < 1.29 is 23.9 Å². The van der Waals surface area contributed by atoms with Crippen molar-refractivity contribution in [2.24, 2.45) is 23.7 Å². The van der Waals surface area contributed by atoms with E-state index in [2.05, 4.69) is 0 Å². The van der Waals surface area contributed by atoms with Crippen LogP contribution in [0.2, 0.25) is 5.02 Å². The standard InChI is InChI=1S/C25H21ClN2O5/c1-33-19-4-2-3-15(12-19)20(29)13-27(23(30)14-7-9-18(26)10-8-14)28-24(31)21-16-5-6-17(11-16)22(21)25(28)32/h2-10,12,16-17,21-22H,11,13H2,1H3/t16-,17-,21+,22+/m0/s1. The summed E-state index contributed by atoms with van der Waals surface area (Å²) in [6.45, 7) is -0.464. The van der Waals surface area contributed by atoms with Gasteiger partial charge in [-0.25, -0.2) is 5.01 Å².